The SMILES string of the molecule is Cl.Fc1ccc(OCc2noc(CCC3CCNC3)n2)cc1. The summed E-state index contributed by atoms with van der Waals surface area (Å²) in [6, 6.07) is 5.85. The molecule has 0 saturated carbocycles. The van der Waals surface area contributed by atoms with E-state index in [2.05, 4.69) is 15.5 Å². The smallest absolute Gasteiger partial charge is 0.226 e. The van der Waals surface area contributed by atoms with E-state index in [1.807, 2.05) is 0 Å². The second-order valence-corrected chi connectivity index (χ2v) is 5.24. The highest BCUT2D eigenvalue weighted by atomic mass is 35.5. The van der Waals surface area contributed by atoms with Crippen LogP contribution in [0, 0.1) is 11.7 Å². The van der Waals surface area contributed by atoms with Crippen LogP contribution in [0.1, 0.15) is 24.6 Å². The van der Waals surface area contributed by atoms with Crippen LogP contribution in [0.3, 0.4) is 0 Å². The molecule has 0 radical (unpaired) electrons. The number of nitrogens with one attached hydrogen (secondary N) is 1. The van der Waals surface area contributed by atoms with Gasteiger partial charge in [0.15, 0.2) is 6.61 Å². The van der Waals surface area contributed by atoms with Gasteiger partial charge < -0.3 is 14.6 Å². The number of hydrogen-bond donors (Lipinski definition) is 1. The molecule has 0 spiro atoms. The number of aryl methyl sites for hydroxylation is 1. The van der Waals surface area contributed by atoms with Crippen LogP contribution in [0.15, 0.2) is 28.8 Å². The minimum Gasteiger partial charge on any atom is -0.485 e. The second-order valence-electron chi connectivity index (χ2n) is 5.24. The Kier molecular flexibility index (Phi) is 6.15. The van der Waals surface area contributed by atoms with E-state index < -0.39 is 0 Å². The van der Waals surface area contributed by atoms with Crippen molar-refractivity contribution >= 4 is 12.4 Å². The first-order chi connectivity index (χ1) is 10.3. The normalized spacial score (nSPS) is 17.2. The van der Waals surface area contributed by atoms with Gasteiger partial charge in [0.2, 0.25) is 11.7 Å². The Morgan fingerprint density at radius 2 is 2.14 bits per heavy atom. The third-order valence-corrected chi connectivity index (χ3v) is 3.62. The summed E-state index contributed by atoms with van der Waals surface area (Å²) in [6.45, 7) is 2.40. The Morgan fingerprint density at radius 1 is 1.32 bits per heavy atom. The molecule has 1 aliphatic rings. The van der Waals surface area contributed by atoms with Crippen LogP contribution in [0.2, 0.25) is 0 Å². The van der Waals surface area contributed by atoms with Crippen LogP contribution in [-0.4, -0.2) is 23.2 Å². The Balaban J connectivity index is 0.00000176. The molecule has 0 bridgehead atoms. The summed E-state index contributed by atoms with van der Waals surface area (Å²) >= 11 is 0. The molecule has 1 saturated heterocycles. The van der Waals surface area contributed by atoms with Gasteiger partial charge >= 0.3 is 0 Å². The van der Waals surface area contributed by atoms with Crippen LogP contribution in [0.25, 0.3) is 0 Å². The number of rotatable bonds is 6. The fourth-order valence-electron chi connectivity index (χ4n) is 2.42. The molecule has 1 aromatic carbocycles. The van der Waals surface area contributed by atoms with Crippen molar-refractivity contribution in [2.24, 2.45) is 5.92 Å². The van der Waals surface area contributed by atoms with Crippen LogP contribution in [-0.2, 0) is 13.0 Å². The average Bonchev–Trinajstić information content (AvgIpc) is 3.16. The molecule has 7 heteroatoms. The Hall–Kier alpha value is -1.66. The highest BCUT2D eigenvalue weighted by Gasteiger charge is 2.16. The molecule has 3 rings (SSSR count). The molecule has 1 aromatic heterocycles. The standard InChI is InChI=1S/C15H18FN3O2.ClH/c16-12-2-4-13(5-3-12)20-10-14-18-15(21-19-14)6-1-11-7-8-17-9-11;/h2-5,11,17H,1,6-10H2;1H. The van der Waals surface area contributed by atoms with E-state index in [0.717, 1.165) is 25.9 Å². The molecule has 1 aliphatic heterocycles. The first-order valence-electron chi connectivity index (χ1n) is 7.20. The van der Waals surface area contributed by atoms with E-state index in [9.17, 15) is 4.39 Å². The lowest BCUT2D eigenvalue weighted by atomic mass is 10.0. The van der Waals surface area contributed by atoms with E-state index in [0.29, 0.717) is 23.4 Å². The second kappa shape index (κ2) is 8.10. The molecule has 0 amide bonds. The number of aromatic nitrogens is 2. The summed E-state index contributed by atoms with van der Waals surface area (Å²) in [6.07, 6.45) is 3.08. The molecule has 1 unspecified atom stereocenters. The van der Waals surface area contributed by atoms with E-state index in [-0.39, 0.29) is 24.8 Å². The van der Waals surface area contributed by atoms with Gasteiger partial charge in [0, 0.05) is 6.42 Å². The number of halogens is 2. The molecular weight excluding hydrogens is 309 g/mol. The Labute approximate surface area is 134 Å². The zero-order chi connectivity index (χ0) is 14.5. The zero-order valence-corrected chi connectivity index (χ0v) is 12.9. The van der Waals surface area contributed by atoms with Crippen LogP contribution < -0.4 is 10.1 Å². The van der Waals surface area contributed by atoms with Gasteiger partial charge in [0.1, 0.15) is 11.6 Å². The van der Waals surface area contributed by atoms with Gasteiger partial charge in [-0.15, -0.1) is 12.4 Å². The number of ether oxygens (including phenoxy) is 1. The van der Waals surface area contributed by atoms with E-state index in [4.69, 9.17) is 9.26 Å². The van der Waals surface area contributed by atoms with E-state index in [1.165, 1.54) is 18.6 Å². The molecule has 22 heavy (non-hydrogen) atoms. The third kappa shape index (κ3) is 4.68. The van der Waals surface area contributed by atoms with Gasteiger partial charge in [-0.2, -0.15) is 4.98 Å². The molecule has 2 aromatic rings. The monoisotopic (exact) mass is 327 g/mol. The largest absolute Gasteiger partial charge is 0.485 e. The summed E-state index contributed by atoms with van der Waals surface area (Å²) in [7, 11) is 0. The molecule has 120 valence electrons. The van der Waals surface area contributed by atoms with Crippen molar-refractivity contribution < 1.29 is 13.7 Å². The maximum atomic E-state index is 12.8. The molecule has 5 nitrogen and oxygen atoms in total. The first-order valence-corrected chi connectivity index (χ1v) is 7.20. The van der Waals surface area contributed by atoms with Crippen LogP contribution >= 0.6 is 12.4 Å². The summed E-state index contributed by atoms with van der Waals surface area (Å²) in [5, 5.41) is 7.24. The topological polar surface area (TPSA) is 60.2 Å². The highest BCUT2D eigenvalue weighted by molar-refractivity contribution is 5.85. The van der Waals surface area contributed by atoms with Crippen molar-refractivity contribution in [2.75, 3.05) is 13.1 Å². The molecule has 1 atom stereocenters. The number of benzene rings is 1. The van der Waals surface area contributed by atoms with Crippen molar-refractivity contribution in [1.82, 2.24) is 15.5 Å². The molecular formula is C15H19ClFN3O2. The van der Waals surface area contributed by atoms with E-state index in [1.54, 1.807) is 12.1 Å². The lowest BCUT2D eigenvalue weighted by molar-refractivity contribution is 0.284. The van der Waals surface area contributed by atoms with Gasteiger partial charge in [-0.05, 0) is 56.1 Å². The lowest BCUT2D eigenvalue weighted by Gasteiger charge is -2.04. The predicted molar refractivity (Wildman–Crippen MR) is 81.6 cm³/mol. The van der Waals surface area contributed by atoms with Gasteiger partial charge in [0.25, 0.3) is 0 Å². The van der Waals surface area contributed by atoms with Gasteiger partial charge in [-0.3, -0.25) is 0 Å². The molecule has 0 aliphatic carbocycles. The van der Waals surface area contributed by atoms with Crippen LogP contribution in [0.4, 0.5) is 4.39 Å². The maximum absolute atomic E-state index is 12.8. The Bertz CT molecular complexity index is 570. The highest BCUT2D eigenvalue weighted by Crippen LogP contribution is 2.16. The predicted octanol–water partition coefficient (Wildman–Crippen LogP) is 2.75. The molecule has 1 fully saturated rings. The molecule has 1 N–H and O–H groups in total. The van der Waals surface area contributed by atoms with Crippen molar-refractivity contribution in [2.45, 2.75) is 25.9 Å². The van der Waals surface area contributed by atoms with Crippen molar-refractivity contribution in [3.8, 4) is 5.75 Å². The summed E-state index contributed by atoms with van der Waals surface area (Å²) in [5.41, 5.74) is 0. The van der Waals surface area contributed by atoms with Gasteiger partial charge in [0.05, 0.1) is 0 Å². The van der Waals surface area contributed by atoms with Crippen LogP contribution in [0.5, 0.6) is 5.75 Å². The van der Waals surface area contributed by atoms with Gasteiger partial charge in [-0.25, -0.2) is 4.39 Å². The lowest BCUT2D eigenvalue weighted by Crippen LogP contribution is -2.09. The summed E-state index contributed by atoms with van der Waals surface area (Å²) < 4.78 is 23.5. The van der Waals surface area contributed by atoms with Crippen molar-refractivity contribution in [1.29, 1.82) is 0 Å². The Morgan fingerprint density at radius 3 is 2.86 bits per heavy atom. The van der Waals surface area contributed by atoms with Gasteiger partial charge in [-0.1, -0.05) is 5.16 Å². The molecule has 2 heterocycles. The average molecular weight is 328 g/mol. The fraction of sp³-hybridized carbons (Fsp3) is 0.467. The van der Waals surface area contributed by atoms with E-state index >= 15 is 0 Å². The van der Waals surface area contributed by atoms with Crippen molar-refractivity contribution in [3.63, 3.8) is 0 Å². The third-order valence-electron chi connectivity index (χ3n) is 3.62. The fourth-order valence-corrected chi connectivity index (χ4v) is 2.42. The maximum Gasteiger partial charge on any atom is 0.226 e. The first kappa shape index (κ1) is 16.7. The zero-order valence-electron chi connectivity index (χ0n) is 12.1. The summed E-state index contributed by atoms with van der Waals surface area (Å²) in [5.74, 6) is 2.17. The minimum atomic E-state index is -0.286. The number of nitrogens with zero attached hydrogens (tertiary/aromatic N) is 2. The number of hydrogen-bond acceptors (Lipinski definition) is 5. The van der Waals surface area contributed by atoms with Crippen molar-refractivity contribution in [3.05, 3.63) is 41.8 Å². The minimum absolute atomic E-state index is 0. The quantitative estimate of drug-likeness (QED) is 0.884. The summed E-state index contributed by atoms with van der Waals surface area (Å²) in [4.78, 5) is 4.31.